The van der Waals surface area contributed by atoms with Gasteiger partial charge in [-0.05, 0) is 20.3 Å². The molecular formula is C20H34N4O11. The second-order valence-corrected chi connectivity index (χ2v) is 7.87. The number of aliphatic hydroxyl groups excluding tert-OH is 3. The Bertz CT molecular complexity index is 778. The number of aliphatic carboxylic acids is 1. The van der Waals surface area contributed by atoms with E-state index in [9.17, 15) is 39.0 Å². The Morgan fingerprint density at radius 2 is 1.66 bits per heavy atom. The minimum Gasteiger partial charge on any atom is -0.481 e. The highest BCUT2D eigenvalue weighted by molar-refractivity contribution is 5.92. The third-order valence-electron chi connectivity index (χ3n) is 5.13. The lowest BCUT2D eigenvalue weighted by Gasteiger charge is -2.36. The zero-order chi connectivity index (χ0) is 27.5. The van der Waals surface area contributed by atoms with Crippen molar-refractivity contribution in [2.75, 3.05) is 13.7 Å². The fourth-order valence-corrected chi connectivity index (χ4v) is 2.83. The van der Waals surface area contributed by atoms with Gasteiger partial charge >= 0.3 is 5.97 Å². The van der Waals surface area contributed by atoms with Crippen LogP contribution in [0, 0.1) is 0 Å². The number of nitrogens with zero attached hydrogens (tertiary/aromatic N) is 1. The zero-order valence-corrected chi connectivity index (χ0v) is 19.9. The van der Waals surface area contributed by atoms with Gasteiger partial charge in [0.05, 0.1) is 6.61 Å². The van der Waals surface area contributed by atoms with Gasteiger partial charge in [0.15, 0.2) is 0 Å². The number of amides is 4. The number of aliphatic hydroxyl groups is 3. The van der Waals surface area contributed by atoms with Crippen LogP contribution in [0.2, 0.25) is 0 Å². The molecule has 0 saturated carbocycles. The van der Waals surface area contributed by atoms with Crippen LogP contribution in [-0.4, -0.2) is 117 Å². The van der Waals surface area contributed by atoms with Crippen LogP contribution >= 0.6 is 0 Å². The summed E-state index contributed by atoms with van der Waals surface area (Å²) in [6.07, 6.45) is -7.14. The number of carbonyl (C=O) groups excluding carboxylic acids is 5. The van der Waals surface area contributed by atoms with E-state index in [4.69, 9.17) is 20.7 Å². The molecule has 0 aliphatic heterocycles. The number of hydrogen-bond acceptors (Lipinski definition) is 10. The molecule has 0 rings (SSSR count). The molecule has 3 unspecified atom stereocenters. The van der Waals surface area contributed by atoms with E-state index >= 15 is 0 Å². The number of nitrogens with two attached hydrogens (primary N) is 1. The summed E-state index contributed by atoms with van der Waals surface area (Å²) < 4.78 is 5.46. The van der Waals surface area contributed by atoms with Gasteiger partial charge < -0.3 is 51.2 Å². The molecule has 0 heterocycles. The van der Waals surface area contributed by atoms with Gasteiger partial charge in [-0.15, -0.1) is 0 Å². The minimum absolute atomic E-state index is 0.264. The zero-order valence-electron chi connectivity index (χ0n) is 19.9. The van der Waals surface area contributed by atoms with Crippen molar-refractivity contribution in [1.82, 2.24) is 15.5 Å². The largest absolute Gasteiger partial charge is 0.481 e. The first-order valence-corrected chi connectivity index (χ1v) is 10.6. The fourth-order valence-electron chi connectivity index (χ4n) is 2.83. The standard InChI is InChI=1S/C20H34N4O11/c1-9(19(33)23-12(18(21)32)5-6-15(29)30)22-20(34)10(2)35-17(16(31)14(28)8-26)13(7-25)24(4)11(3)27/h7,9-10,12-14,16-17,26,28,31H,5-6,8H2,1-4H3,(H2,21,32)(H,22,34)(H,23,33)(H,29,30)/t9?,10?,12?,13-,14+,16+,17+/m0/s1. The van der Waals surface area contributed by atoms with Crippen molar-refractivity contribution in [2.45, 2.75) is 76.2 Å². The number of carboxylic acids is 1. The predicted molar refractivity (Wildman–Crippen MR) is 117 cm³/mol. The molecule has 0 saturated heterocycles. The van der Waals surface area contributed by atoms with Crippen molar-refractivity contribution in [3.8, 4) is 0 Å². The molecule has 0 radical (unpaired) electrons. The topological polar surface area (TPSA) is 246 Å². The summed E-state index contributed by atoms with van der Waals surface area (Å²) in [6, 6.07) is -3.97. The first-order valence-electron chi connectivity index (χ1n) is 10.6. The number of carboxylic acid groups (broad SMARTS) is 1. The van der Waals surface area contributed by atoms with Gasteiger partial charge in [-0.25, -0.2) is 0 Å². The Hall–Kier alpha value is -3.14. The van der Waals surface area contributed by atoms with Gasteiger partial charge in [0.2, 0.25) is 23.6 Å². The van der Waals surface area contributed by atoms with Crippen molar-refractivity contribution in [3.05, 3.63) is 0 Å². The molecule has 0 fully saturated rings. The van der Waals surface area contributed by atoms with E-state index in [1.165, 1.54) is 20.9 Å². The van der Waals surface area contributed by atoms with E-state index in [1.807, 2.05) is 0 Å². The number of hydrogen-bond donors (Lipinski definition) is 7. The number of rotatable bonds is 16. The summed E-state index contributed by atoms with van der Waals surface area (Å²) in [4.78, 5) is 71.2. The molecule has 0 aromatic carbocycles. The lowest BCUT2D eigenvalue weighted by molar-refractivity contribution is -0.166. The Kier molecular flexibility index (Phi) is 13.6. The maximum Gasteiger partial charge on any atom is 0.303 e. The highest BCUT2D eigenvalue weighted by Gasteiger charge is 2.39. The molecule has 0 aromatic heterocycles. The SMILES string of the molecule is CC(=O)N(C)[C@@H](C=O)[C@@H](OC(C)C(=O)NC(C)C(=O)NC(CCC(=O)O)C(N)=O)[C@H](O)[C@H](O)CO. The van der Waals surface area contributed by atoms with Crippen LogP contribution < -0.4 is 16.4 Å². The van der Waals surface area contributed by atoms with E-state index in [-0.39, 0.29) is 12.7 Å². The molecule has 0 aromatic rings. The Balaban J connectivity index is 5.41. The summed E-state index contributed by atoms with van der Waals surface area (Å²) in [7, 11) is 1.23. The predicted octanol–water partition coefficient (Wildman–Crippen LogP) is -4.14. The van der Waals surface area contributed by atoms with E-state index in [1.54, 1.807) is 0 Å². The van der Waals surface area contributed by atoms with Gasteiger partial charge in [0.1, 0.15) is 48.8 Å². The Morgan fingerprint density at radius 3 is 2.09 bits per heavy atom. The molecular weight excluding hydrogens is 472 g/mol. The number of ether oxygens (including phenoxy) is 1. The summed E-state index contributed by atoms with van der Waals surface area (Å²) in [5.74, 6) is -4.52. The quantitative estimate of drug-likeness (QED) is 0.0990. The van der Waals surface area contributed by atoms with Crippen LogP contribution in [0.1, 0.15) is 33.6 Å². The van der Waals surface area contributed by atoms with Crippen LogP contribution in [0.25, 0.3) is 0 Å². The van der Waals surface area contributed by atoms with Gasteiger partial charge in [0.25, 0.3) is 0 Å². The summed E-state index contributed by atoms with van der Waals surface area (Å²) >= 11 is 0. The maximum atomic E-state index is 12.6. The number of carbonyl (C=O) groups is 6. The number of primary amides is 1. The van der Waals surface area contributed by atoms with Crippen molar-refractivity contribution >= 4 is 35.9 Å². The van der Waals surface area contributed by atoms with E-state index in [0.717, 1.165) is 11.8 Å². The van der Waals surface area contributed by atoms with Crippen molar-refractivity contribution < 1.29 is 53.9 Å². The fraction of sp³-hybridized carbons (Fsp3) is 0.700. The normalized spacial score (nSPS) is 17.0. The van der Waals surface area contributed by atoms with E-state index < -0.39 is 85.2 Å². The lowest BCUT2D eigenvalue weighted by atomic mass is 10.0. The molecule has 0 spiro atoms. The monoisotopic (exact) mass is 506 g/mol. The molecule has 7 atom stereocenters. The lowest BCUT2D eigenvalue weighted by Crippen LogP contribution is -2.57. The molecule has 0 aliphatic rings. The number of likely N-dealkylation sites (N-methyl/N-ethyl adjacent to an activating group) is 1. The highest BCUT2D eigenvalue weighted by Crippen LogP contribution is 2.16. The van der Waals surface area contributed by atoms with Crippen LogP contribution in [-0.2, 0) is 33.5 Å². The van der Waals surface area contributed by atoms with Gasteiger partial charge in [0, 0.05) is 20.4 Å². The molecule has 200 valence electrons. The van der Waals surface area contributed by atoms with E-state index in [2.05, 4.69) is 10.6 Å². The summed E-state index contributed by atoms with van der Waals surface area (Å²) in [6.45, 7) is 2.69. The van der Waals surface area contributed by atoms with Crippen LogP contribution in [0.4, 0.5) is 0 Å². The third kappa shape index (κ3) is 10.3. The van der Waals surface area contributed by atoms with Gasteiger partial charge in [-0.2, -0.15) is 0 Å². The summed E-state index contributed by atoms with van der Waals surface area (Å²) in [5, 5.41) is 42.5. The number of nitrogens with one attached hydrogen (secondary N) is 2. The first-order chi connectivity index (χ1) is 16.2. The second kappa shape index (κ2) is 15.0. The Morgan fingerprint density at radius 1 is 1.09 bits per heavy atom. The average molecular weight is 507 g/mol. The second-order valence-electron chi connectivity index (χ2n) is 7.87. The number of aldehydes is 1. The molecule has 0 aliphatic carbocycles. The van der Waals surface area contributed by atoms with E-state index in [0.29, 0.717) is 0 Å². The van der Waals surface area contributed by atoms with Crippen LogP contribution in [0.15, 0.2) is 0 Å². The smallest absolute Gasteiger partial charge is 0.303 e. The maximum absolute atomic E-state index is 12.6. The van der Waals surface area contributed by atoms with Gasteiger partial charge in [-0.1, -0.05) is 0 Å². The molecule has 15 heteroatoms. The van der Waals surface area contributed by atoms with Crippen molar-refractivity contribution in [1.29, 1.82) is 0 Å². The van der Waals surface area contributed by atoms with Crippen LogP contribution in [0.5, 0.6) is 0 Å². The van der Waals surface area contributed by atoms with Gasteiger partial charge in [-0.3, -0.25) is 24.0 Å². The highest BCUT2D eigenvalue weighted by atomic mass is 16.5. The third-order valence-corrected chi connectivity index (χ3v) is 5.13. The molecule has 4 amide bonds. The Labute approximate surface area is 201 Å². The molecule has 15 nitrogen and oxygen atoms in total. The molecule has 35 heavy (non-hydrogen) atoms. The molecule has 8 N–H and O–H groups in total. The first kappa shape index (κ1) is 31.9. The summed E-state index contributed by atoms with van der Waals surface area (Å²) in [5.41, 5.74) is 5.15. The van der Waals surface area contributed by atoms with Crippen molar-refractivity contribution in [2.24, 2.45) is 5.73 Å². The van der Waals surface area contributed by atoms with Crippen LogP contribution in [0.3, 0.4) is 0 Å². The van der Waals surface area contributed by atoms with Crippen molar-refractivity contribution in [3.63, 3.8) is 0 Å². The minimum atomic E-state index is -1.88. The average Bonchev–Trinajstić information content (AvgIpc) is 2.79. The molecule has 0 bridgehead atoms.